The summed E-state index contributed by atoms with van der Waals surface area (Å²) < 4.78 is 5.32. The quantitative estimate of drug-likeness (QED) is 0.525. The third-order valence-electron chi connectivity index (χ3n) is 3.88. The Morgan fingerprint density at radius 1 is 1.43 bits per heavy atom. The van der Waals surface area contributed by atoms with E-state index < -0.39 is 5.60 Å². The zero-order valence-electron chi connectivity index (χ0n) is 12.8. The van der Waals surface area contributed by atoms with E-state index in [0.717, 1.165) is 24.2 Å². The maximum Gasteiger partial charge on any atom is 0.148 e. The summed E-state index contributed by atoms with van der Waals surface area (Å²) in [4.78, 5) is 10.5. The van der Waals surface area contributed by atoms with Crippen molar-refractivity contribution in [3.05, 3.63) is 11.9 Å². The van der Waals surface area contributed by atoms with Crippen LogP contribution < -0.4 is 16.2 Å². The Morgan fingerprint density at radius 2 is 2.14 bits per heavy atom. The Balaban J connectivity index is 2.19. The first kappa shape index (κ1) is 15.9. The zero-order chi connectivity index (χ0) is 15.3. The Morgan fingerprint density at radius 3 is 2.76 bits per heavy atom. The number of nitrogens with zero attached hydrogens (tertiary/aromatic N) is 3. The maximum atomic E-state index is 10.6. The number of nitrogen functional groups attached to an aromatic ring is 1. The molecule has 1 aliphatic rings. The van der Waals surface area contributed by atoms with Gasteiger partial charge in [0.05, 0.1) is 5.60 Å². The lowest BCUT2D eigenvalue weighted by Crippen LogP contribution is -2.46. The molecule has 1 fully saturated rings. The molecule has 0 spiro atoms. The highest BCUT2D eigenvalue weighted by Gasteiger charge is 2.32. The van der Waals surface area contributed by atoms with E-state index in [1.807, 2.05) is 11.9 Å². The number of nitrogens with two attached hydrogens (primary N) is 1. The van der Waals surface area contributed by atoms with Crippen LogP contribution in [-0.4, -0.2) is 47.5 Å². The molecule has 0 saturated carbocycles. The highest BCUT2D eigenvalue weighted by Crippen LogP contribution is 2.27. The second-order valence-corrected chi connectivity index (χ2v) is 5.61. The highest BCUT2D eigenvalue weighted by molar-refractivity contribution is 5.58. The number of aromatic nitrogens is 2. The molecule has 1 saturated heterocycles. The van der Waals surface area contributed by atoms with Gasteiger partial charge in [0.1, 0.15) is 18.0 Å². The number of hydrazine groups is 1. The van der Waals surface area contributed by atoms with Gasteiger partial charge in [0, 0.05) is 45.2 Å². The fourth-order valence-electron chi connectivity index (χ4n) is 2.76. The lowest BCUT2D eigenvalue weighted by Gasteiger charge is -2.36. The van der Waals surface area contributed by atoms with Gasteiger partial charge in [0.25, 0.3) is 0 Å². The number of ether oxygens (including phenoxy) is 1. The second-order valence-electron chi connectivity index (χ2n) is 5.61. The molecular weight excluding hydrogens is 270 g/mol. The van der Waals surface area contributed by atoms with Crippen molar-refractivity contribution < 1.29 is 9.84 Å². The van der Waals surface area contributed by atoms with Gasteiger partial charge in [-0.1, -0.05) is 13.3 Å². The van der Waals surface area contributed by atoms with E-state index in [1.165, 1.54) is 6.33 Å². The number of aliphatic hydroxyl groups is 1. The largest absolute Gasteiger partial charge is 0.388 e. The summed E-state index contributed by atoms with van der Waals surface area (Å²) in [6, 6.07) is 0. The minimum Gasteiger partial charge on any atom is -0.388 e. The summed E-state index contributed by atoms with van der Waals surface area (Å²) >= 11 is 0. The maximum absolute atomic E-state index is 10.6. The van der Waals surface area contributed by atoms with Gasteiger partial charge in [-0.05, 0) is 6.42 Å². The van der Waals surface area contributed by atoms with E-state index in [9.17, 15) is 5.11 Å². The molecule has 0 unspecified atom stereocenters. The van der Waals surface area contributed by atoms with Crippen molar-refractivity contribution in [3.63, 3.8) is 0 Å². The Bertz CT molecular complexity index is 463. The average Bonchev–Trinajstić information content (AvgIpc) is 2.48. The van der Waals surface area contributed by atoms with Crippen LogP contribution in [0.3, 0.4) is 0 Å². The molecule has 7 nitrogen and oxygen atoms in total. The molecule has 1 aliphatic heterocycles. The van der Waals surface area contributed by atoms with E-state index in [0.29, 0.717) is 38.4 Å². The van der Waals surface area contributed by atoms with Crippen molar-refractivity contribution in [2.75, 3.05) is 37.1 Å². The van der Waals surface area contributed by atoms with Gasteiger partial charge in [0.15, 0.2) is 0 Å². The van der Waals surface area contributed by atoms with Gasteiger partial charge in [-0.25, -0.2) is 15.8 Å². The van der Waals surface area contributed by atoms with Gasteiger partial charge in [0.2, 0.25) is 0 Å². The number of anilines is 2. The Labute approximate surface area is 125 Å². The lowest BCUT2D eigenvalue weighted by atomic mass is 9.94. The predicted octanol–water partition coefficient (Wildman–Crippen LogP) is 0.692. The average molecular weight is 295 g/mol. The standard InChI is InChI=1S/C14H25N5O2/c1-3-4-11-12(18-15)16-10-17-13(11)19(2)9-14(20)5-7-21-8-6-14/h10,20H,3-9,15H2,1-2H3,(H,16,17,18). The minimum atomic E-state index is -0.724. The van der Waals surface area contributed by atoms with Crippen LogP contribution in [0.15, 0.2) is 6.33 Å². The van der Waals surface area contributed by atoms with E-state index in [2.05, 4.69) is 22.3 Å². The molecule has 118 valence electrons. The van der Waals surface area contributed by atoms with Crippen molar-refractivity contribution in [2.45, 2.75) is 38.2 Å². The second kappa shape index (κ2) is 7.02. The first-order valence-electron chi connectivity index (χ1n) is 7.41. The van der Waals surface area contributed by atoms with Gasteiger partial charge in [-0.2, -0.15) is 0 Å². The highest BCUT2D eigenvalue weighted by atomic mass is 16.5. The van der Waals surface area contributed by atoms with Crippen molar-refractivity contribution in [2.24, 2.45) is 5.84 Å². The van der Waals surface area contributed by atoms with E-state index in [-0.39, 0.29) is 0 Å². The number of hydrogen-bond donors (Lipinski definition) is 3. The van der Waals surface area contributed by atoms with Crippen LogP contribution in [-0.2, 0) is 11.2 Å². The summed E-state index contributed by atoms with van der Waals surface area (Å²) in [6.07, 6.45) is 4.60. The molecule has 2 heterocycles. The molecule has 0 bridgehead atoms. The van der Waals surface area contributed by atoms with E-state index in [1.54, 1.807) is 0 Å². The zero-order valence-corrected chi connectivity index (χ0v) is 12.8. The summed E-state index contributed by atoms with van der Waals surface area (Å²) in [5, 5.41) is 10.6. The van der Waals surface area contributed by atoms with Crippen LogP contribution in [0.1, 0.15) is 31.7 Å². The fraction of sp³-hybridized carbons (Fsp3) is 0.714. The number of likely N-dealkylation sites (N-methyl/N-ethyl adjacent to an activating group) is 1. The molecular formula is C14H25N5O2. The summed E-state index contributed by atoms with van der Waals surface area (Å²) in [5.41, 5.74) is 2.89. The minimum absolute atomic E-state index is 0.522. The molecule has 0 aromatic carbocycles. The SMILES string of the molecule is CCCc1c(NN)ncnc1N(C)CC1(O)CCOCC1. The van der Waals surface area contributed by atoms with Gasteiger partial charge in [-0.15, -0.1) is 0 Å². The Hall–Kier alpha value is -1.44. The third-order valence-corrected chi connectivity index (χ3v) is 3.88. The molecule has 0 atom stereocenters. The number of nitrogens with one attached hydrogen (secondary N) is 1. The van der Waals surface area contributed by atoms with Crippen molar-refractivity contribution in [3.8, 4) is 0 Å². The van der Waals surface area contributed by atoms with E-state index in [4.69, 9.17) is 10.6 Å². The summed E-state index contributed by atoms with van der Waals surface area (Å²) in [6.45, 7) is 3.83. The first-order valence-corrected chi connectivity index (χ1v) is 7.41. The number of hydrogen-bond acceptors (Lipinski definition) is 7. The molecule has 7 heteroatoms. The van der Waals surface area contributed by atoms with Gasteiger partial charge in [-0.3, -0.25) is 0 Å². The van der Waals surface area contributed by atoms with Crippen LogP contribution in [0.4, 0.5) is 11.6 Å². The predicted molar refractivity (Wildman–Crippen MR) is 82.1 cm³/mol. The van der Waals surface area contributed by atoms with Crippen molar-refractivity contribution in [1.29, 1.82) is 0 Å². The molecule has 1 aromatic rings. The summed E-state index contributed by atoms with van der Waals surface area (Å²) in [7, 11) is 1.94. The smallest absolute Gasteiger partial charge is 0.148 e. The third kappa shape index (κ3) is 3.81. The molecule has 0 radical (unpaired) electrons. The topological polar surface area (TPSA) is 96.5 Å². The van der Waals surface area contributed by atoms with Crippen LogP contribution in [0, 0.1) is 0 Å². The van der Waals surface area contributed by atoms with Gasteiger partial charge >= 0.3 is 0 Å². The van der Waals surface area contributed by atoms with Crippen LogP contribution in [0.5, 0.6) is 0 Å². The molecule has 0 amide bonds. The van der Waals surface area contributed by atoms with Crippen LogP contribution in [0.25, 0.3) is 0 Å². The van der Waals surface area contributed by atoms with Crippen molar-refractivity contribution >= 4 is 11.6 Å². The monoisotopic (exact) mass is 295 g/mol. The van der Waals surface area contributed by atoms with Crippen molar-refractivity contribution in [1.82, 2.24) is 9.97 Å². The molecule has 1 aromatic heterocycles. The Kier molecular flexibility index (Phi) is 5.33. The van der Waals surface area contributed by atoms with E-state index >= 15 is 0 Å². The fourth-order valence-corrected chi connectivity index (χ4v) is 2.76. The summed E-state index contributed by atoms with van der Waals surface area (Å²) in [5.74, 6) is 7.00. The number of rotatable bonds is 6. The molecule has 21 heavy (non-hydrogen) atoms. The van der Waals surface area contributed by atoms with Crippen LogP contribution in [0.2, 0.25) is 0 Å². The first-order chi connectivity index (χ1) is 10.1. The molecule has 0 aliphatic carbocycles. The van der Waals surface area contributed by atoms with Gasteiger partial charge < -0.3 is 20.2 Å². The van der Waals surface area contributed by atoms with Crippen LogP contribution >= 0.6 is 0 Å². The lowest BCUT2D eigenvalue weighted by molar-refractivity contribution is -0.0573. The molecule has 2 rings (SSSR count). The normalized spacial score (nSPS) is 17.5. The molecule has 4 N–H and O–H groups in total.